The lowest BCUT2D eigenvalue weighted by Crippen LogP contribution is -2.25. The molecule has 18 heavy (non-hydrogen) atoms. The Hall–Kier alpha value is -1.84. The van der Waals surface area contributed by atoms with E-state index in [0.717, 1.165) is 0 Å². The van der Waals surface area contributed by atoms with Gasteiger partial charge < -0.3 is 9.84 Å². The molecule has 0 radical (unpaired) electrons. The van der Waals surface area contributed by atoms with Crippen molar-refractivity contribution >= 4 is 11.8 Å². The highest BCUT2D eigenvalue weighted by molar-refractivity contribution is 5.97. The first-order chi connectivity index (χ1) is 8.45. The first-order valence-corrected chi connectivity index (χ1v) is 5.99. The SMILES string of the molecule is CCC(Oc1ccc(C(=O)C(C)C)cc1)C(=O)O. The van der Waals surface area contributed by atoms with Crippen LogP contribution in [0.2, 0.25) is 0 Å². The molecular weight excluding hydrogens is 232 g/mol. The second kappa shape index (κ2) is 6.19. The normalized spacial score (nSPS) is 12.2. The summed E-state index contributed by atoms with van der Waals surface area (Å²) in [6.45, 7) is 5.42. The van der Waals surface area contributed by atoms with Gasteiger partial charge in [0.25, 0.3) is 0 Å². The predicted octanol–water partition coefficient (Wildman–Crippen LogP) is 2.77. The number of ether oxygens (including phenoxy) is 1. The maximum Gasteiger partial charge on any atom is 0.344 e. The summed E-state index contributed by atoms with van der Waals surface area (Å²) in [5.41, 5.74) is 0.612. The molecule has 98 valence electrons. The minimum absolute atomic E-state index is 0.0563. The minimum atomic E-state index is -0.986. The molecule has 0 spiro atoms. The first-order valence-electron chi connectivity index (χ1n) is 5.99. The molecule has 0 fully saturated rings. The molecule has 1 aromatic carbocycles. The van der Waals surface area contributed by atoms with Gasteiger partial charge in [-0.25, -0.2) is 4.79 Å². The van der Waals surface area contributed by atoms with E-state index in [1.165, 1.54) is 0 Å². The van der Waals surface area contributed by atoms with E-state index < -0.39 is 12.1 Å². The van der Waals surface area contributed by atoms with Crippen LogP contribution in [-0.2, 0) is 4.79 Å². The van der Waals surface area contributed by atoms with Crippen LogP contribution in [0, 0.1) is 5.92 Å². The zero-order valence-corrected chi connectivity index (χ0v) is 10.8. The van der Waals surface area contributed by atoms with Crippen molar-refractivity contribution in [3.63, 3.8) is 0 Å². The first kappa shape index (κ1) is 14.2. The molecule has 0 aromatic heterocycles. The van der Waals surface area contributed by atoms with Crippen molar-refractivity contribution in [2.75, 3.05) is 0 Å². The van der Waals surface area contributed by atoms with Gasteiger partial charge in [0.15, 0.2) is 11.9 Å². The van der Waals surface area contributed by atoms with Crippen molar-refractivity contribution in [3.8, 4) is 5.75 Å². The maximum absolute atomic E-state index is 11.7. The van der Waals surface area contributed by atoms with Gasteiger partial charge in [-0.05, 0) is 30.7 Å². The molecule has 1 N–H and O–H groups in total. The van der Waals surface area contributed by atoms with Crippen LogP contribution in [0.1, 0.15) is 37.6 Å². The highest BCUT2D eigenvalue weighted by atomic mass is 16.5. The Bertz CT molecular complexity index is 420. The number of Topliss-reactive ketones (excluding diaryl/α,β-unsaturated/α-hetero) is 1. The standard InChI is InChI=1S/C14H18O4/c1-4-12(14(16)17)18-11-7-5-10(6-8-11)13(15)9(2)3/h5-9,12H,4H2,1-3H3,(H,16,17). The fourth-order valence-corrected chi connectivity index (χ4v) is 1.50. The van der Waals surface area contributed by atoms with E-state index >= 15 is 0 Å². The van der Waals surface area contributed by atoms with Gasteiger partial charge in [-0.15, -0.1) is 0 Å². The Morgan fingerprint density at radius 3 is 2.17 bits per heavy atom. The van der Waals surface area contributed by atoms with E-state index in [0.29, 0.717) is 17.7 Å². The summed E-state index contributed by atoms with van der Waals surface area (Å²) >= 11 is 0. The Balaban J connectivity index is 2.77. The van der Waals surface area contributed by atoms with Crippen molar-refractivity contribution in [2.24, 2.45) is 5.92 Å². The Labute approximate surface area is 107 Å². The number of hydrogen-bond donors (Lipinski definition) is 1. The van der Waals surface area contributed by atoms with Gasteiger partial charge in [0, 0.05) is 11.5 Å². The van der Waals surface area contributed by atoms with Crippen LogP contribution in [0.4, 0.5) is 0 Å². The Morgan fingerprint density at radius 1 is 1.22 bits per heavy atom. The number of rotatable bonds is 6. The Kier molecular flexibility index (Phi) is 4.89. The van der Waals surface area contributed by atoms with Crippen molar-refractivity contribution < 1.29 is 19.4 Å². The summed E-state index contributed by atoms with van der Waals surface area (Å²) in [5, 5.41) is 8.87. The average Bonchev–Trinajstić information content (AvgIpc) is 2.35. The third-order valence-corrected chi connectivity index (χ3v) is 2.59. The topological polar surface area (TPSA) is 63.6 Å². The molecule has 1 aromatic rings. The molecule has 0 amide bonds. The quantitative estimate of drug-likeness (QED) is 0.788. The third-order valence-electron chi connectivity index (χ3n) is 2.59. The zero-order valence-electron chi connectivity index (χ0n) is 10.8. The third kappa shape index (κ3) is 3.58. The van der Waals surface area contributed by atoms with Gasteiger partial charge in [-0.1, -0.05) is 20.8 Å². The average molecular weight is 250 g/mol. The molecule has 4 nitrogen and oxygen atoms in total. The van der Waals surface area contributed by atoms with Crippen LogP contribution in [0.15, 0.2) is 24.3 Å². The largest absolute Gasteiger partial charge is 0.479 e. The van der Waals surface area contributed by atoms with Crippen molar-refractivity contribution in [3.05, 3.63) is 29.8 Å². The van der Waals surface area contributed by atoms with Crippen molar-refractivity contribution in [1.29, 1.82) is 0 Å². The minimum Gasteiger partial charge on any atom is -0.479 e. The smallest absolute Gasteiger partial charge is 0.344 e. The number of benzene rings is 1. The molecule has 0 bridgehead atoms. The monoisotopic (exact) mass is 250 g/mol. The van der Waals surface area contributed by atoms with Crippen molar-refractivity contribution in [1.82, 2.24) is 0 Å². The van der Waals surface area contributed by atoms with Crippen LogP contribution in [0.3, 0.4) is 0 Å². The number of carboxylic acids is 1. The molecule has 1 unspecified atom stereocenters. The molecule has 0 saturated heterocycles. The van der Waals surface area contributed by atoms with E-state index in [-0.39, 0.29) is 11.7 Å². The lowest BCUT2D eigenvalue weighted by Gasteiger charge is -2.13. The van der Waals surface area contributed by atoms with Crippen LogP contribution in [0.25, 0.3) is 0 Å². The number of carboxylic acid groups (broad SMARTS) is 1. The summed E-state index contributed by atoms with van der Waals surface area (Å²) < 4.78 is 5.31. The summed E-state index contributed by atoms with van der Waals surface area (Å²) in [6, 6.07) is 6.57. The van der Waals surface area contributed by atoms with Gasteiger partial charge in [-0.2, -0.15) is 0 Å². The summed E-state index contributed by atoms with van der Waals surface area (Å²) in [7, 11) is 0. The second-order valence-electron chi connectivity index (χ2n) is 4.40. The van der Waals surface area contributed by atoms with Crippen LogP contribution in [0.5, 0.6) is 5.75 Å². The lowest BCUT2D eigenvalue weighted by atomic mass is 10.0. The fourth-order valence-electron chi connectivity index (χ4n) is 1.50. The number of carbonyl (C=O) groups is 2. The number of hydrogen-bond acceptors (Lipinski definition) is 3. The molecule has 0 aliphatic carbocycles. The number of ketones is 1. The van der Waals surface area contributed by atoms with Crippen LogP contribution < -0.4 is 4.74 Å². The molecule has 4 heteroatoms. The predicted molar refractivity (Wildman–Crippen MR) is 68.0 cm³/mol. The molecular formula is C14H18O4. The molecule has 0 aliphatic heterocycles. The maximum atomic E-state index is 11.7. The lowest BCUT2D eigenvalue weighted by molar-refractivity contribution is -0.145. The van der Waals surface area contributed by atoms with E-state index in [4.69, 9.17) is 9.84 Å². The summed E-state index contributed by atoms with van der Waals surface area (Å²) in [6.07, 6.45) is -0.459. The highest BCUT2D eigenvalue weighted by Crippen LogP contribution is 2.17. The van der Waals surface area contributed by atoms with E-state index in [9.17, 15) is 9.59 Å². The Morgan fingerprint density at radius 2 is 1.78 bits per heavy atom. The summed E-state index contributed by atoms with van der Waals surface area (Å²) in [4.78, 5) is 22.5. The molecule has 0 heterocycles. The molecule has 0 saturated carbocycles. The van der Waals surface area contributed by atoms with Gasteiger partial charge >= 0.3 is 5.97 Å². The van der Waals surface area contributed by atoms with Gasteiger partial charge in [-0.3, -0.25) is 4.79 Å². The van der Waals surface area contributed by atoms with Gasteiger partial charge in [0.2, 0.25) is 0 Å². The molecule has 1 rings (SSSR count). The number of aliphatic carboxylic acids is 1. The highest BCUT2D eigenvalue weighted by Gasteiger charge is 2.17. The molecule has 0 aliphatic rings. The zero-order chi connectivity index (χ0) is 13.7. The van der Waals surface area contributed by atoms with E-state index in [1.807, 2.05) is 13.8 Å². The molecule has 1 atom stereocenters. The second-order valence-corrected chi connectivity index (χ2v) is 4.40. The fraction of sp³-hybridized carbons (Fsp3) is 0.429. The van der Waals surface area contributed by atoms with Crippen LogP contribution in [-0.4, -0.2) is 23.0 Å². The van der Waals surface area contributed by atoms with Crippen molar-refractivity contribution in [2.45, 2.75) is 33.3 Å². The van der Waals surface area contributed by atoms with Gasteiger partial charge in [0.05, 0.1) is 0 Å². The number of carbonyl (C=O) groups excluding carboxylic acids is 1. The van der Waals surface area contributed by atoms with E-state index in [2.05, 4.69) is 0 Å². The van der Waals surface area contributed by atoms with Crippen LogP contribution >= 0.6 is 0 Å². The van der Waals surface area contributed by atoms with E-state index in [1.54, 1.807) is 31.2 Å². The summed E-state index contributed by atoms with van der Waals surface area (Å²) in [5.74, 6) is -0.518. The van der Waals surface area contributed by atoms with Gasteiger partial charge in [0.1, 0.15) is 5.75 Å².